The lowest BCUT2D eigenvalue weighted by Crippen LogP contribution is -2.37. The van der Waals surface area contributed by atoms with Gasteiger partial charge in [-0.25, -0.2) is 4.98 Å². The summed E-state index contributed by atoms with van der Waals surface area (Å²) in [4.78, 5) is 18.2. The molecule has 0 saturated carbocycles. The quantitative estimate of drug-likeness (QED) is 0.761. The van der Waals surface area contributed by atoms with Gasteiger partial charge < -0.3 is 10.2 Å². The van der Waals surface area contributed by atoms with Crippen LogP contribution in [-0.2, 0) is 0 Å². The topological polar surface area (TPSA) is 88.3 Å². The van der Waals surface area contributed by atoms with Gasteiger partial charge in [0.1, 0.15) is 17.8 Å². The number of carbonyl (C=O) groups excluding carboxylic acids is 1. The zero-order valence-corrected chi connectivity index (χ0v) is 12.4. The van der Waals surface area contributed by atoms with E-state index in [0.717, 1.165) is 31.0 Å². The maximum atomic E-state index is 12.0. The molecule has 4 heterocycles. The van der Waals surface area contributed by atoms with Crippen LogP contribution in [0.4, 0.5) is 5.82 Å². The highest BCUT2D eigenvalue weighted by Gasteiger charge is 2.25. The van der Waals surface area contributed by atoms with Gasteiger partial charge in [-0.1, -0.05) is 0 Å². The van der Waals surface area contributed by atoms with Crippen LogP contribution in [0, 0.1) is 0 Å². The summed E-state index contributed by atoms with van der Waals surface area (Å²) in [5, 5.41) is 17.0. The molecule has 0 bridgehead atoms. The molecule has 112 valence electrons. The number of hydrogen-bond acceptors (Lipinski definition) is 7. The summed E-state index contributed by atoms with van der Waals surface area (Å²) in [7, 11) is 0. The number of aromatic nitrogens is 5. The predicted molar refractivity (Wildman–Crippen MR) is 81.0 cm³/mol. The molecule has 1 atom stereocenters. The third-order valence-corrected chi connectivity index (χ3v) is 4.25. The SMILES string of the molecule is O=C(N[C@H]1CCN(c2ccc3nncn3n2)C1)c1cscn1. The number of hydrogen-bond donors (Lipinski definition) is 1. The van der Waals surface area contributed by atoms with E-state index in [1.807, 2.05) is 12.1 Å². The van der Waals surface area contributed by atoms with Gasteiger partial charge >= 0.3 is 0 Å². The number of nitrogens with zero attached hydrogens (tertiary/aromatic N) is 6. The van der Waals surface area contributed by atoms with Crippen molar-refractivity contribution in [3.8, 4) is 0 Å². The van der Waals surface area contributed by atoms with Crippen molar-refractivity contribution in [2.45, 2.75) is 12.5 Å². The van der Waals surface area contributed by atoms with Crippen molar-refractivity contribution in [1.29, 1.82) is 0 Å². The Balaban J connectivity index is 1.44. The summed E-state index contributed by atoms with van der Waals surface area (Å²) < 4.78 is 1.65. The summed E-state index contributed by atoms with van der Waals surface area (Å²) in [6, 6.07) is 3.91. The smallest absolute Gasteiger partial charge is 0.271 e. The summed E-state index contributed by atoms with van der Waals surface area (Å²) in [5.41, 5.74) is 2.86. The molecule has 1 aliphatic rings. The Morgan fingerprint density at radius 1 is 1.41 bits per heavy atom. The first-order chi connectivity index (χ1) is 10.8. The first-order valence-corrected chi connectivity index (χ1v) is 7.85. The molecule has 3 aromatic heterocycles. The average molecular weight is 315 g/mol. The van der Waals surface area contributed by atoms with Crippen LogP contribution < -0.4 is 10.2 Å². The van der Waals surface area contributed by atoms with Gasteiger partial charge in [0.15, 0.2) is 5.65 Å². The second-order valence-electron chi connectivity index (χ2n) is 5.10. The largest absolute Gasteiger partial charge is 0.353 e. The number of rotatable bonds is 3. The highest BCUT2D eigenvalue weighted by atomic mass is 32.1. The Kier molecular flexibility index (Phi) is 3.19. The Morgan fingerprint density at radius 3 is 3.23 bits per heavy atom. The highest BCUT2D eigenvalue weighted by molar-refractivity contribution is 7.07. The Labute approximate surface area is 129 Å². The molecule has 0 unspecified atom stereocenters. The minimum Gasteiger partial charge on any atom is -0.353 e. The van der Waals surface area contributed by atoms with E-state index in [9.17, 15) is 4.79 Å². The van der Waals surface area contributed by atoms with E-state index >= 15 is 0 Å². The van der Waals surface area contributed by atoms with Crippen molar-refractivity contribution >= 4 is 28.7 Å². The van der Waals surface area contributed by atoms with Crippen LogP contribution in [0.2, 0.25) is 0 Å². The number of carbonyl (C=O) groups is 1. The van der Waals surface area contributed by atoms with Crippen molar-refractivity contribution in [3.63, 3.8) is 0 Å². The van der Waals surface area contributed by atoms with Crippen molar-refractivity contribution in [1.82, 2.24) is 30.1 Å². The van der Waals surface area contributed by atoms with Crippen molar-refractivity contribution < 1.29 is 4.79 Å². The van der Waals surface area contributed by atoms with Crippen LogP contribution in [0.1, 0.15) is 16.9 Å². The maximum Gasteiger partial charge on any atom is 0.271 e. The number of thiazole rings is 1. The van der Waals surface area contributed by atoms with Crippen molar-refractivity contribution in [3.05, 3.63) is 35.0 Å². The molecular weight excluding hydrogens is 302 g/mol. The van der Waals surface area contributed by atoms with E-state index in [1.165, 1.54) is 11.3 Å². The van der Waals surface area contributed by atoms with E-state index in [1.54, 1.807) is 21.7 Å². The van der Waals surface area contributed by atoms with E-state index in [-0.39, 0.29) is 11.9 Å². The van der Waals surface area contributed by atoms with Gasteiger partial charge in [0.25, 0.3) is 5.91 Å². The molecule has 0 radical (unpaired) electrons. The van der Waals surface area contributed by atoms with E-state index < -0.39 is 0 Å². The zero-order chi connectivity index (χ0) is 14.9. The third-order valence-electron chi connectivity index (χ3n) is 3.66. The van der Waals surface area contributed by atoms with Gasteiger partial charge in [-0.05, 0) is 18.6 Å². The monoisotopic (exact) mass is 315 g/mol. The van der Waals surface area contributed by atoms with Gasteiger partial charge in [-0.2, -0.15) is 4.52 Å². The fraction of sp³-hybridized carbons (Fsp3) is 0.308. The molecule has 1 amide bonds. The van der Waals surface area contributed by atoms with Crippen LogP contribution in [0.15, 0.2) is 29.4 Å². The fourth-order valence-electron chi connectivity index (χ4n) is 2.56. The van der Waals surface area contributed by atoms with Crippen LogP contribution in [0.25, 0.3) is 5.65 Å². The zero-order valence-electron chi connectivity index (χ0n) is 11.6. The average Bonchev–Trinajstić information content (AvgIpc) is 3.27. The van der Waals surface area contributed by atoms with Crippen LogP contribution in [-0.4, -0.2) is 49.8 Å². The minimum absolute atomic E-state index is 0.104. The lowest BCUT2D eigenvalue weighted by Gasteiger charge is -2.17. The molecule has 0 spiro atoms. The number of fused-ring (bicyclic) bond motifs is 1. The minimum atomic E-state index is -0.115. The number of anilines is 1. The molecule has 1 saturated heterocycles. The van der Waals surface area contributed by atoms with Gasteiger partial charge in [-0.3, -0.25) is 4.79 Å². The Hall–Kier alpha value is -2.55. The molecule has 1 aliphatic heterocycles. The molecule has 4 rings (SSSR count). The molecule has 0 aliphatic carbocycles. The van der Waals surface area contributed by atoms with Crippen molar-refractivity contribution in [2.24, 2.45) is 0 Å². The van der Waals surface area contributed by atoms with Gasteiger partial charge in [0, 0.05) is 24.5 Å². The molecular formula is C13H13N7OS. The molecule has 8 nitrogen and oxygen atoms in total. The summed E-state index contributed by atoms with van der Waals surface area (Å²) in [6.45, 7) is 1.58. The Morgan fingerprint density at radius 2 is 2.36 bits per heavy atom. The van der Waals surface area contributed by atoms with Crippen LogP contribution in [0.5, 0.6) is 0 Å². The molecule has 1 N–H and O–H groups in total. The standard InChI is InChI=1S/C13H13N7OS/c21-13(10-6-22-8-14-10)16-9-3-4-19(5-9)12-2-1-11-17-15-7-20(11)18-12/h1-2,6-9H,3-5H2,(H,16,21)/t9-/m0/s1. The second kappa shape index (κ2) is 5.34. The molecule has 22 heavy (non-hydrogen) atoms. The highest BCUT2D eigenvalue weighted by Crippen LogP contribution is 2.18. The first kappa shape index (κ1) is 13.1. The molecule has 9 heteroatoms. The fourth-order valence-corrected chi connectivity index (χ4v) is 3.09. The van der Waals surface area contributed by atoms with Crippen LogP contribution in [0.3, 0.4) is 0 Å². The van der Waals surface area contributed by atoms with E-state index in [2.05, 4.69) is 30.5 Å². The number of amides is 1. The Bertz CT molecular complexity index is 800. The van der Waals surface area contributed by atoms with Gasteiger partial charge in [0.05, 0.1) is 5.51 Å². The third kappa shape index (κ3) is 2.39. The summed E-state index contributed by atoms with van der Waals surface area (Å²) in [5.74, 6) is 0.744. The normalized spacial score (nSPS) is 18.0. The van der Waals surface area contributed by atoms with Gasteiger partial charge in [0.2, 0.25) is 0 Å². The van der Waals surface area contributed by atoms with Gasteiger partial charge in [-0.15, -0.1) is 26.6 Å². The summed E-state index contributed by atoms with van der Waals surface area (Å²) >= 11 is 1.42. The maximum absolute atomic E-state index is 12.0. The second-order valence-corrected chi connectivity index (χ2v) is 5.82. The molecule has 0 aromatic carbocycles. The predicted octanol–water partition coefficient (Wildman–Crippen LogP) is 0.589. The van der Waals surface area contributed by atoms with E-state index in [0.29, 0.717) is 5.69 Å². The molecule has 3 aromatic rings. The molecule has 1 fully saturated rings. The van der Waals surface area contributed by atoms with Crippen molar-refractivity contribution in [2.75, 3.05) is 18.0 Å². The number of nitrogens with one attached hydrogen (secondary N) is 1. The van der Waals surface area contributed by atoms with E-state index in [4.69, 9.17) is 0 Å². The first-order valence-electron chi connectivity index (χ1n) is 6.91. The lowest BCUT2D eigenvalue weighted by atomic mass is 10.2. The van der Waals surface area contributed by atoms with Crippen LogP contribution >= 0.6 is 11.3 Å². The lowest BCUT2D eigenvalue weighted by molar-refractivity contribution is 0.0936. The summed E-state index contributed by atoms with van der Waals surface area (Å²) in [6.07, 6.45) is 2.47.